The van der Waals surface area contributed by atoms with Crippen LogP contribution in [-0.2, 0) is 4.79 Å². The third kappa shape index (κ3) is 3.79. The largest absolute Gasteiger partial charge is 0.337 e. The van der Waals surface area contributed by atoms with Crippen LogP contribution in [0, 0.1) is 13.8 Å². The van der Waals surface area contributed by atoms with Crippen molar-refractivity contribution in [3.63, 3.8) is 0 Å². The van der Waals surface area contributed by atoms with Crippen molar-refractivity contribution in [2.75, 3.05) is 31.1 Å². The van der Waals surface area contributed by atoms with E-state index in [0.717, 1.165) is 24.6 Å². The molecule has 124 valence electrons. The SMILES string of the molecule is Cc1ccc(/C=C/C(=O)N2CCN(c3ncccn3)CC2)c(C)c1. The molecular formula is C19H22N4O. The quantitative estimate of drug-likeness (QED) is 0.815. The lowest BCUT2D eigenvalue weighted by Gasteiger charge is -2.34. The van der Waals surface area contributed by atoms with Gasteiger partial charge in [-0.2, -0.15) is 0 Å². The minimum atomic E-state index is 0.0589. The molecule has 2 aromatic rings. The van der Waals surface area contributed by atoms with Gasteiger partial charge in [0.15, 0.2) is 0 Å². The molecule has 1 fully saturated rings. The second-order valence-electron chi connectivity index (χ2n) is 6.05. The van der Waals surface area contributed by atoms with E-state index in [1.165, 1.54) is 11.1 Å². The van der Waals surface area contributed by atoms with Crippen molar-refractivity contribution in [2.45, 2.75) is 13.8 Å². The molecule has 0 N–H and O–H groups in total. The number of carbonyl (C=O) groups is 1. The van der Waals surface area contributed by atoms with Gasteiger partial charge >= 0.3 is 0 Å². The van der Waals surface area contributed by atoms with Crippen molar-refractivity contribution in [1.29, 1.82) is 0 Å². The fraction of sp³-hybridized carbons (Fsp3) is 0.316. The zero-order valence-electron chi connectivity index (χ0n) is 14.1. The van der Waals surface area contributed by atoms with Gasteiger partial charge in [-0.3, -0.25) is 4.79 Å². The van der Waals surface area contributed by atoms with Crippen LogP contribution in [0.25, 0.3) is 6.08 Å². The number of rotatable bonds is 3. The second kappa shape index (κ2) is 7.25. The highest BCUT2D eigenvalue weighted by atomic mass is 16.2. The fourth-order valence-corrected chi connectivity index (χ4v) is 2.86. The Morgan fingerprint density at radius 3 is 2.46 bits per heavy atom. The van der Waals surface area contributed by atoms with E-state index < -0.39 is 0 Å². The third-order valence-corrected chi connectivity index (χ3v) is 4.26. The van der Waals surface area contributed by atoms with Crippen molar-refractivity contribution in [3.05, 3.63) is 59.4 Å². The normalized spacial score (nSPS) is 15.1. The Morgan fingerprint density at radius 1 is 1.08 bits per heavy atom. The second-order valence-corrected chi connectivity index (χ2v) is 6.05. The molecule has 1 aromatic heterocycles. The van der Waals surface area contributed by atoms with Gasteiger partial charge < -0.3 is 9.80 Å². The first-order valence-corrected chi connectivity index (χ1v) is 8.20. The Hall–Kier alpha value is -2.69. The summed E-state index contributed by atoms with van der Waals surface area (Å²) in [6.07, 6.45) is 7.06. The van der Waals surface area contributed by atoms with Crippen molar-refractivity contribution in [2.24, 2.45) is 0 Å². The summed E-state index contributed by atoms with van der Waals surface area (Å²) < 4.78 is 0. The van der Waals surface area contributed by atoms with Gasteiger partial charge in [-0.15, -0.1) is 0 Å². The minimum absolute atomic E-state index is 0.0589. The molecule has 24 heavy (non-hydrogen) atoms. The van der Waals surface area contributed by atoms with Crippen LogP contribution in [0.15, 0.2) is 42.7 Å². The van der Waals surface area contributed by atoms with Crippen LogP contribution < -0.4 is 4.90 Å². The number of nitrogens with zero attached hydrogens (tertiary/aromatic N) is 4. The number of carbonyl (C=O) groups excluding carboxylic acids is 1. The van der Waals surface area contributed by atoms with Crippen LogP contribution in [-0.4, -0.2) is 47.0 Å². The standard InChI is InChI=1S/C19H22N4O/c1-15-4-5-17(16(2)14-15)6-7-18(24)22-10-12-23(13-11-22)19-20-8-3-9-21-19/h3-9,14H,10-13H2,1-2H3/b7-6+. The third-order valence-electron chi connectivity index (χ3n) is 4.26. The van der Waals surface area contributed by atoms with Crippen LogP contribution >= 0.6 is 0 Å². The van der Waals surface area contributed by atoms with E-state index in [1.807, 2.05) is 11.0 Å². The van der Waals surface area contributed by atoms with Gasteiger partial charge in [0.2, 0.25) is 11.9 Å². The maximum Gasteiger partial charge on any atom is 0.246 e. The fourth-order valence-electron chi connectivity index (χ4n) is 2.86. The Balaban J connectivity index is 1.58. The van der Waals surface area contributed by atoms with E-state index in [0.29, 0.717) is 13.1 Å². The Labute approximate surface area is 142 Å². The van der Waals surface area contributed by atoms with Gasteiger partial charge in [0.25, 0.3) is 0 Å². The number of aryl methyl sites for hydroxylation is 2. The molecule has 5 nitrogen and oxygen atoms in total. The molecule has 0 saturated carbocycles. The maximum absolute atomic E-state index is 12.4. The molecule has 0 spiro atoms. The summed E-state index contributed by atoms with van der Waals surface area (Å²) in [5.74, 6) is 0.791. The molecule has 2 heterocycles. The molecule has 1 aromatic carbocycles. The molecule has 0 unspecified atom stereocenters. The first kappa shape index (κ1) is 16.2. The Morgan fingerprint density at radius 2 is 1.79 bits per heavy atom. The van der Waals surface area contributed by atoms with Crippen molar-refractivity contribution in [1.82, 2.24) is 14.9 Å². The average molecular weight is 322 g/mol. The van der Waals surface area contributed by atoms with Gasteiger partial charge in [0.1, 0.15) is 0 Å². The predicted octanol–water partition coefficient (Wildman–Crippen LogP) is 2.46. The van der Waals surface area contributed by atoms with Crippen LogP contribution in [0.4, 0.5) is 5.95 Å². The maximum atomic E-state index is 12.4. The molecule has 1 saturated heterocycles. The van der Waals surface area contributed by atoms with Crippen LogP contribution in [0.1, 0.15) is 16.7 Å². The van der Waals surface area contributed by atoms with Gasteiger partial charge in [0, 0.05) is 44.6 Å². The van der Waals surface area contributed by atoms with Crippen LogP contribution in [0.2, 0.25) is 0 Å². The molecule has 5 heteroatoms. The zero-order chi connectivity index (χ0) is 16.9. The highest BCUT2D eigenvalue weighted by Crippen LogP contribution is 2.13. The first-order chi connectivity index (χ1) is 11.6. The lowest BCUT2D eigenvalue weighted by Crippen LogP contribution is -2.48. The molecule has 1 amide bonds. The summed E-state index contributed by atoms with van der Waals surface area (Å²) in [6.45, 7) is 7.03. The first-order valence-electron chi connectivity index (χ1n) is 8.20. The molecule has 1 aliphatic heterocycles. The summed E-state index contributed by atoms with van der Waals surface area (Å²) in [5, 5.41) is 0. The lowest BCUT2D eigenvalue weighted by atomic mass is 10.1. The summed E-state index contributed by atoms with van der Waals surface area (Å²) in [7, 11) is 0. The number of anilines is 1. The van der Waals surface area contributed by atoms with Crippen molar-refractivity contribution < 1.29 is 4.79 Å². The van der Waals surface area contributed by atoms with E-state index in [-0.39, 0.29) is 5.91 Å². The van der Waals surface area contributed by atoms with E-state index in [1.54, 1.807) is 24.5 Å². The Bertz CT molecular complexity index is 734. The average Bonchev–Trinajstić information content (AvgIpc) is 2.62. The van der Waals surface area contributed by atoms with Crippen molar-refractivity contribution >= 4 is 17.9 Å². The summed E-state index contributed by atoms with van der Waals surface area (Å²) in [4.78, 5) is 24.9. The highest BCUT2D eigenvalue weighted by molar-refractivity contribution is 5.92. The molecule has 1 aliphatic rings. The molecule has 0 radical (unpaired) electrons. The van der Waals surface area contributed by atoms with Crippen molar-refractivity contribution in [3.8, 4) is 0 Å². The molecule has 0 atom stereocenters. The number of benzene rings is 1. The Kier molecular flexibility index (Phi) is 4.89. The van der Waals surface area contributed by atoms with Gasteiger partial charge in [-0.25, -0.2) is 9.97 Å². The van der Waals surface area contributed by atoms with Gasteiger partial charge in [-0.05, 0) is 37.1 Å². The predicted molar refractivity (Wildman–Crippen MR) is 95.8 cm³/mol. The van der Waals surface area contributed by atoms with E-state index in [9.17, 15) is 4.79 Å². The highest BCUT2D eigenvalue weighted by Gasteiger charge is 2.20. The number of hydrogen-bond acceptors (Lipinski definition) is 4. The molecular weight excluding hydrogens is 300 g/mol. The smallest absolute Gasteiger partial charge is 0.246 e. The molecule has 0 aliphatic carbocycles. The van der Waals surface area contributed by atoms with Gasteiger partial charge in [0.05, 0.1) is 0 Å². The van der Waals surface area contributed by atoms with Crippen LogP contribution in [0.5, 0.6) is 0 Å². The number of aromatic nitrogens is 2. The summed E-state index contributed by atoms with van der Waals surface area (Å²) >= 11 is 0. The summed E-state index contributed by atoms with van der Waals surface area (Å²) in [6, 6.07) is 8.05. The van der Waals surface area contributed by atoms with Crippen LogP contribution in [0.3, 0.4) is 0 Å². The monoisotopic (exact) mass is 322 g/mol. The summed E-state index contributed by atoms with van der Waals surface area (Å²) in [5.41, 5.74) is 3.51. The number of piperazine rings is 1. The molecule has 3 rings (SSSR count). The van der Waals surface area contributed by atoms with E-state index in [2.05, 4.69) is 46.9 Å². The zero-order valence-corrected chi connectivity index (χ0v) is 14.1. The lowest BCUT2D eigenvalue weighted by molar-refractivity contribution is -0.126. The van der Waals surface area contributed by atoms with Gasteiger partial charge in [-0.1, -0.05) is 23.8 Å². The van der Waals surface area contributed by atoms with E-state index >= 15 is 0 Å². The number of hydrogen-bond donors (Lipinski definition) is 0. The minimum Gasteiger partial charge on any atom is -0.337 e. The topological polar surface area (TPSA) is 49.3 Å². The van der Waals surface area contributed by atoms with E-state index in [4.69, 9.17) is 0 Å². The number of amides is 1. The molecule has 0 bridgehead atoms.